The molecule has 15 heavy (non-hydrogen) atoms. The Bertz CT molecular complexity index is 393. The van der Waals surface area contributed by atoms with Crippen LogP contribution in [0.5, 0.6) is 0 Å². The molecule has 80 valence electrons. The molecule has 0 unspecified atom stereocenters. The van der Waals surface area contributed by atoms with Crippen LogP contribution < -0.4 is 0 Å². The third-order valence-corrected chi connectivity index (χ3v) is 4.24. The van der Waals surface area contributed by atoms with Crippen molar-refractivity contribution in [3.8, 4) is 0 Å². The molecule has 1 aromatic rings. The normalized spacial score (nSPS) is 19.4. The van der Waals surface area contributed by atoms with E-state index in [0.717, 1.165) is 0 Å². The van der Waals surface area contributed by atoms with Crippen LogP contribution in [-0.4, -0.2) is 6.17 Å². The minimum Gasteiger partial charge on any atom is -0.247 e. The zero-order valence-corrected chi connectivity index (χ0v) is 9.49. The van der Waals surface area contributed by atoms with Gasteiger partial charge in [-0.05, 0) is 66.5 Å². The second-order valence-corrected chi connectivity index (χ2v) is 5.02. The highest BCUT2D eigenvalue weighted by Gasteiger charge is 2.29. The number of hydrogen-bond acceptors (Lipinski definition) is 0. The second kappa shape index (κ2) is 3.07. The molecule has 0 nitrogen and oxygen atoms in total. The first-order valence-electron chi connectivity index (χ1n) is 5.95. The van der Waals surface area contributed by atoms with Gasteiger partial charge in [-0.2, -0.15) is 0 Å². The van der Waals surface area contributed by atoms with Crippen molar-refractivity contribution in [2.45, 2.75) is 52.1 Å². The van der Waals surface area contributed by atoms with Gasteiger partial charge >= 0.3 is 0 Å². The number of rotatable bonds is 0. The minimum absolute atomic E-state index is 0.625. The summed E-state index contributed by atoms with van der Waals surface area (Å²) in [7, 11) is 0. The van der Waals surface area contributed by atoms with Gasteiger partial charge in [-0.1, -0.05) is 0 Å². The van der Waals surface area contributed by atoms with Gasteiger partial charge in [0.05, 0.1) is 0 Å². The van der Waals surface area contributed by atoms with Crippen LogP contribution >= 0.6 is 0 Å². The quantitative estimate of drug-likeness (QED) is 0.608. The first kappa shape index (κ1) is 9.38. The highest BCUT2D eigenvalue weighted by molar-refractivity contribution is 5.55. The Balaban J connectivity index is 2.27. The molecule has 2 aliphatic carbocycles. The van der Waals surface area contributed by atoms with Crippen LogP contribution in [0.2, 0.25) is 0 Å². The highest BCUT2D eigenvalue weighted by Crippen LogP contribution is 2.38. The number of alkyl halides is 1. The lowest BCUT2D eigenvalue weighted by Crippen LogP contribution is -2.00. The maximum atomic E-state index is 13.5. The second-order valence-electron chi connectivity index (χ2n) is 5.02. The van der Waals surface area contributed by atoms with Crippen molar-refractivity contribution in [2.24, 2.45) is 0 Å². The maximum Gasteiger partial charge on any atom is 0.108 e. The molecule has 0 saturated heterocycles. The lowest BCUT2D eigenvalue weighted by Gasteiger charge is -2.14. The number of hydrogen-bond donors (Lipinski definition) is 0. The van der Waals surface area contributed by atoms with E-state index in [4.69, 9.17) is 0 Å². The van der Waals surface area contributed by atoms with E-state index in [1.54, 1.807) is 11.1 Å². The minimum atomic E-state index is -0.625. The smallest absolute Gasteiger partial charge is 0.108 e. The molecule has 0 fully saturated rings. The molecule has 1 heteroatoms. The van der Waals surface area contributed by atoms with E-state index < -0.39 is 6.17 Å². The van der Waals surface area contributed by atoms with Gasteiger partial charge in [-0.25, -0.2) is 4.39 Å². The molecule has 0 heterocycles. The van der Waals surface area contributed by atoms with Gasteiger partial charge in [0.2, 0.25) is 0 Å². The zero-order chi connectivity index (χ0) is 10.6. The molecule has 0 radical (unpaired) electrons. The fourth-order valence-electron chi connectivity index (χ4n) is 3.46. The van der Waals surface area contributed by atoms with Crippen LogP contribution in [0.25, 0.3) is 0 Å². The SMILES string of the molecule is Cc1c2c(c(C)c3c1CC(F)C3)CCC2. The lowest BCUT2D eigenvalue weighted by molar-refractivity contribution is 0.348. The maximum absolute atomic E-state index is 13.5. The highest BCUT2D eigenvalue weighted by atomic mass is 19.1. The van der Waals surface area contributed by atoms with Gasteiger partial charge in [0, 0.05) is 12.8 Å². The number of fused-ring (bicyclic) bond motifs is 2. The third-order valence-electron chi connectivity index (χ3n) is 4.24. The van der Waals surface area contributed by atoms with E-state index >= 15 is 0 Å². The fourth-order valence-corrected chi connectivity index (χ4v) is 3.46. The molecule has 0 aromatic heterocycles. The van der Waals surface area contributed by atoms with Crippen LogP contribution in [0.4, 0.5) is 4.39 Å². The van der Waals surface area contributed by atoms with Gasteiger partial charge in [0.25, 0.3) is 0 Å². The predicted octanol–water partition coefficient (Wildman–Crippen LogP) is 3.23. The van der Waals surface area contributed by atoms with Crippen molar-refractivity contribution in [1.29, 1.82) is 0 Å². The number of halogens is 1. The number of benzene rings is 1. The Morgan fingerprint density at radius 2 is 1.33 bits per heavy atom. The Kier molecular flexibility index (Phi) is 1.92. The summed E-state index contributed by atoms with van der Waals surface area (Å²) < 4.78 is 13.5. The van der Waals surface area contributed by atoms with Crippen LogP contribution in [0.15, 0.2) is 0 Å². The molecule has 1 aromatic carbocycles. The van der Waals surface area contributed by atoms with Gasteiger partial charge in [-0.15, -0.1) is 0 Å². The average Bonchev–Trinajstić information content (AvgIpc) is 2.79. The zero-order valence-electron chi connectivity index (χ0n) is 9.49. The van der Waals surface area contributed by atoms with Crippen molar-refractivity contribution < 1.29 is 4.39 Å². The monoisotopic (exact) mass is 204 g/mol. The Morgan fingerprint density at radius 3 is 1.80 bits per heavy atom. The summed E-state index contributed by atoms with van der Waals surface area (Å²) in [4.78, 5) is 0. The first-order chi connectivity index (χ1) is 7.18. The molecule has 0 spiro atoms. The Morgan fingerprint density at radius 1 is 0.867 bits per heavy atom. The summed E-state index contributed by atoms with van der Waals surface area (Å²) in [6.45, 7) is 4.39. The van der Waals surface area contributed by atoms with E-state index in [2.05, 4.69) is 13.8 Å². The largest absolute Gasteiger partial charge is 0.247 e. The van der Waals surface area contributed by atoms with E-state index in [9.17, 15) is 4.39 Å². The molecule has 0 amide bonds. The van der Waals surface area contributed by atoms with Gasteiger partial charge in [-0.3, -0.25) is 0 Å². The summed E-state index contributed by atoms with van der Waals surface area (Å²) in [5.41, 5.74) is 8.56. The molecular weight excluding hydrogens is 187 g/mol. The molecule has 0 N–H and O–H groups in total. The van der Waals surface area contributed by atoms with Gasteiger partial charge in [0.1, 0.15) is 6.17 Å². The summed E-state index contributed by atoms with van der Waals surface area (Å²) in [6, 6.07) is 0. The van der Waals surface area contributed by atoms with E-state index in [1.165, 1.54) is 41.5 Å². The van der Waals surface area contributed by atoms with E-state index in [1.807, 2.05) is 0 Å². The average molecular weight is 204 g/mol. The van der Waals surface area contributed by atoms with Crippen molar-refractivity contribution in [1.82, 2.24) is 0 Å². The molecule has 3 rings (SSSR count). The molecule has 0 saturated carbocycles. The van der Waals surface area contributed by atoms with E-state index in [0.29, 0.717) is 12.8 Å². The van der Waals surface area contributed by atoms with E-state index in [-0.39, 0.29) is 0 Å². The third kappa shape index (κ3) is 1.18. The van der Waals surface area contributed by atoms with Gasteiger partial charge in [0.15, 0.2) is 0 Å². The summed E-state index contributed by atoms with van der Waals surface area (Å²) >= 11 is 0. The molecule has 2 aliphatic rings. The summed E-state index contributed by atoms with van der Waals surface area (Å²) in [5.74, 6) is 0. The lowest BCUT2D eigenvalue weighted by atomic mass is 9.90. The van der Waals surface area contributed by atoms with Crippen molar-refractivity contribution >= 4 is 0 Å². The fraction of sp³-hybridized carbons (Fsp3) is 0.571. The molecular formula is C14H17F. The topological polar surface area (TPSA) is 0 Å². The predicted molar refractivity (Wildman–Crippen MR) is 60.2 cm³/mol. The summed E-state index contributed by atoms with van der Waals surface area (Å²) in [6.07, 6.45) is 4.42. The molecule has 0 atom stereocenters. The van der Waals surface area contributed by atoms with Crippen molar-refractivity contribution in [2.75, 3.05) is 0 Å². The van der Waals surface area contributed by atoms with Crippen LogP contribution in [0.1, 0.15) is 39.8 Å². The van der Waals surface area contributed by atoms with Crippen LogP contribution in [0, 0.1) is 13.8 Å². The Hall–Kier alpha value is -0.850. The van der Waals surface area contributed by atoms with Crippen LogP contribution in [-0.2, 0) is 25.7 Å². The molecule has 0 aliphatic heterocycles. The first-order valence-corrected chi connectivity index (χ1v) is 5.95. The molecule has 0 bridgehead atoms. The summed E-state index contributed by atoms with van der Waals surface area (Å²) in [5, 5.41) is 0. The van der Waals surface area contributed by atoms with Crippen molar-refractivity contribution in [3.05, 3.63) is 33.4 Å². The van der Waals surface area contributed by atoms with Crippen molar-refractivity contribution in [3.63, 3.8) is 0 Å². The standard InChI is InChI=1S/C14H17F/c1-8-11-4-3-5-12(11)9(2)14-7-10(15)6-13(8)14/h10H,3-7H2,1-2H3. The van der Waals surface area contributed by atoms with Crippen LogP contribution in [0.3, 0.4) is 0 Å². The Labute approximate surface area is 90.5 Å². The van der Waals surface area contributed by atoms with Gasteiger partial charge < -0.3 is 0 Å².